The van der Waals surface area contributed by atoms with Gasteiger partial charge in [-0.3, -0.25) is 0 Å². The largest absolute Gasteiger partial charge is 0.309 e. The number of rotatable bonds is 5. The van der Waals surface area contributed by atoms with Crippen LogP contribution in [-0.4, -0.2) is 4.57 Å². The zero-order valence-corrected chi connectivity index (χ0v) is 32.9. The molecule has 1 aliphatic rings. The summed E-state index contributed by atoms with van der Waals surface area (Å²) in [6.07, 6.45) is 0. The van der Waals surface area contributed by atoms with Gasteiger partial charge in [0, 0.05) is 16.5 Å². The van der Waals surface area contributed by atoms with Crippen LogP contribution in [0, 0.1) is 19.3 Å². The van der Waals surface area contributed by atoms with E-state index in [1.165, 1.54) is 88.6 Å². The third-order valence-electron chi connectivity index (χ3n) is 13.8. The predicted molar refractivity (Wildman–Crippen MR) is 232 cm³/mol. The highest BCUT2D eigenvalue weighted by Gasteiger charge is 2.56. The van der Waals surface area contributed by atoms with Gasteiger partial charge in [-0.25, -0.2) is 0 Å². The molecule has 0 N–H and O–H groups in total. The predicted octanol–water partition coefficient (Wildman–Crippen LogP) is 14.7. The highest BCUT2D eigenvalue weighted by molar-refractivity contribution is 6.10. The standard InChI is InChI=1S/C53H49N/c1-34-23-24-38(31-44(34)45-33-48-47(27-35(45)2)51(3,4)53(7,8)52(48,5)6)39-25-26-50-46(32-39)43-21-15-16-22-49(43)54(50)42-29-40(36-17-11-9-12-18-36)28-41(30-42)37-19-13-10-14-20-37/h9-33H,1-8H3. The van der Waals surface area contributed by atoms with Gasteiger partial charge in [0.2, 0.25) is 0 Å². The lowest BCUT2D eigenvalue weighted by atomic mass is 9.59. The average molecular weight is 700 g/mol. The van der Waals surface area contributed by atoms with E-state index in [0.29, 0.717) is 0 Å². The Hall–Kier alpha value is -5.66. The molecule has 0 radical (unpaired) electrons. The van der Waals surface area contributed by atoms with Crippen molar-refractivity contribution in [2.75, 3.05) is 0 Å². The van der Waals surface area contributed by atoms with Crippen LogP contribution in [0.3, 0.4) is 0 Å². The molecule has 0 saturated heterocycles. The Morgan fingerprint density at radius 1 is 0.370 bits per heavy atom. The minimum atomic E-state index is 0.0571. The number of fused-ring (bicyclic) bond motifs is 4. The molecule has 0 aliphatic heterocycles. The maximum atomic E-state index is 2.53. The van der Waals surface area contributed by atoms with Gasteiger partial charge in [-0.2, -0.15) is 0 Å². The smallest absolute Gasteiger partial charge is 0.0541 e. The second-order valence-electron chi connectivity index (χ2n) is 17.2. The molecule has 0 bridgehead atoms. The van der Waals surface area contributed by atoms with Crippen LogP contribution in [0.1, 0.15) is 63.8 Å². The molecule has 0 spiro atoms. The third-order valence-corrected chi connectivity index (χ3v) is 13.8. The zero-order valence-electron chi connectivity index (χ0n) is 32.9. The highest BCUT2D eigenvalue weighted by atomic mass is 15.0. The van der Waals surface area contributed by atoms with E-state index in [2.05, 4.69) is 212 Å². The molecule has 0 atom stereocenters. The van der Waals surface area contributed by atoms with E-state index in [1.54, 1.807) is 0 Å². The molecule has 0 fully saturated rings. The molecule has 1 heteroatoms. The second-order valence-corrected chi connectivity index (χ2v) is 17.2. The lowest BCUT2D eigenvalue weighted by Crippen LogP contribution is -2.42. The van der Waals surface area contributed by atoms with E-state index in [1.807, 2.05) is 0 Å². The number of para-hydroxylation sites is 1. The monoisotopic (exact) mass is 699 g/mol. The minimum Gasteiger partial charge on any atom is -0.309 e. The van der Waals surface area contributed by atoms with Crippen LogP contribution in [0.4, 0.5) is 0 Å². The minimum absolute atomic E-state index is 0.0571. The van der Waals surface area contributed by atoms with Gasteiger partial charge in [0.25, 0.3) is 0 Å². The van der Waals surface area contributed by atoms with E-state index >= 15 is 0 Å². The van der Waals surface area contributed by atoms with Crippen LogP contribution in [-0.2, 0) is 10.8 Å². The van der Waals surface area contributed by atoms with Gasteiger partial charge in [-0.1, -0.05) is 151 Å². The summed E-state index contributed by atoms with van der Waals surface area (Å²) >= 11 is 0. The Morgan fingerprint density at radius 2 is 0.889 bits per heavy atom. The molecule has 8 aromatic rings. The molecule has 9 rings (SSSR count). The first-order valence-corrected chi connectivity index (χ1v) is 19.4. The number of hydrogen-bond donors (Lipinski definition) is 0. The Bertz CT molecular complexity index is 2680. The third kappa shape index (κ3) is 5.05. The van der Waals surface area contributed by atoms with Crippen molar-refractivity contribution in [3.05, 3.63) is 174 Å². The Balaban J connectivity index is 1.20. The maximum Gasteiger partial charge on any atom is 0.0541 e. The first-order chi connectivity index (χ1) is 25.9. The number of aryl methyl sites for hydroxylation is 2. The molecular weight excluding hydrogens is 651 g/mol. The maximum absolute atomic E-state index is 2.53. The normalized spacial score (nSPS) is 15.5. The lowest BCUT2D eigenvalue weighted by molar-refractivity contribution is 0.125. The van der Waals surface area contributed by atoms with E-state index in [9.17, 15) is 0 Å². The molecule has 1 aliphatic carbocycles. The molecule has 54 heavy (non-hydrogen) atoms. The van der Waals surface area contributed by atoms with Crippen LogP contribution in [0.5, 0.6) is 0 Å². The quantitative estimate of drug-likeness (QED) is 0.169. The summed E-state index contributed by atoms with van der Waals surface area (Å²) in [6.45, 7) is 19.2. The first kappa shape index (κ1) is 34.1. The van der Waals surface area contributed by atoms with Crippen molar-refractivity contribution in [2.45, 2.75) is 66.2 Å². The number of aromatic nitrogens is 1. The fourth-order valence-corrected chi connectivity index (χ4v) is 9.34. The molecule has 1 heterocycles. The topological polar surface area (TPSA) is 4.93 Å². The van der Waals surface area contributed by atoms with Gasteiger partial charge >= 0.3 is 0 Å². The van der Waals surface area contributed by atoms with Gasteiger partial charge in [0.05, 0.1) is 11.0 Å². The van der Waals surface area contributed by atoms with Crippen LogP contribution in [0.25, 0.3) is 72.0 Å². The molecule has 266 valence electrons. The summed E-state index contributed by atoms with van der Waals surface area (Å²) < 4.78 is 2.45. The molecule has 0 unspecified atom stereocenters. The van der Waals surface area contributed by atoms with Crippen LogP contribution >= 0.6 is 0 Å². The summed E-state index contributed by atoms with van der Waals surface area (Å²) in [7, 11) is 0. The van der Waals surface area contributed by atoms with Crippen molar-refractivity contribution < 1.29 is 0 Å². The van der Waals surface area contributed by atoms with Crippen molar-refractivity contribution in [1.29, 1.82) is 0 Å². The first-order valence-electron chi connectivity index (χ1n) is 19.4. The molecule has 0 saturated carbocycles. The van der Waals surface area contributed by atoms with E-state index in [4.69, 9.17) is 0 Å². The van der Waals surface area contributed by atoms with Crippen LogP contribution < -0.4 is 0 Å². The SMILES string of the molecule is Cc1ccc(-c2ccc3c(c2)c2ccccc2n3-c2cc(-c3ccccc3)cc(-c3ccccc3)c2)cc1-c1cc2c(cc1C)C(C)(C)C(C)(C)C2(C)C. The summed E-state index contributed by atoms with van der Waals surface area (Å²) in [4.78, 5) is 0. The fraction of sp³-hybridized carbons (Fsp3) is 0.208. The van der Waals surface area contributed by atoms with Gasteiger partial charge in [-0.15, -0.1) is 0 Å². The fourth-order valence-electron chi connectivity index (χ4n) is 9.34. The van der Waals surface area contributed by atoms with Gasteiger partial charge in [-0.05, 0) is 139 Å². The van der Waals surface area contributed by atoms with Crippen molar-refractivity contribution in [3.8, 4) is 50.2 Å². The van der Waals surface area contributed by atoms with Gasteiger partial charge in [0.15, 0.2) is 0 Å². The van der Waals surface area contributed by atoms with Crippen molar-refractivity contribution in [2.24, 2.45) is 5.41 Å². The summed E-state index contributed by atoms with van der Waals surface area (Å²) in [5.41, 5.74) is 19.5. The Kier molecular flexibility index (Phi) is 7.70. The van der Waals surface area contributed by atoms with E-state index < -0.39 is 0 Å². The Morgan fingerprint density at radius 3 is 1.54 bits per heavy atom. The van der Waals surface area contributed by atoms with Crippen LogP contribution in [0.15, 0.2) is 152 Å². The summed E-state index contributed by atoms with van der Waals surface area (Å²) in [5, 5.41) is 2.52. The van der Waals surface area contributed by atoms with Crippen molar-refractivity contribution in [1.82, 2.24) is 4.57 Å². The van der Waals surface area contributed by atoms with E-state index in [-0.39, 0.29) is 16.2 Å². The number of nitrogens with zero attached hydrogens (tertiary/aromatic N) is 1. The molecule has 1 nitrogen and oxygen atoms in total. The molecular formula is C53H49N. The second kappa shape index (κ2) is 12.2. The Labute approximate surface area is 321 Å². The summed E-state index contributed by atoms with van der Waals surface area (Å²) in [5.74, 6) is 0. The van der Waals surface area contributed by atoms with Gasteiger partial charge in [0.1, 0.15) is 0 Å². The van der Waals surface area contributed by atoms with Crippen molar-refractivity contribution >= 4 is 21.8 Å². The molecule has 0 amide bonds. The van der Waals surface area contributed by atoms with Gasteiger partial charge < -0.3 is 4.57 Å². The number of benzene rings is 7. The molecule has 1 aromatic heterocycles. The summed E-state index contributed by atoms with van der Waals surface area (Å²) in [6, 6.07) is 56.4. The zero-order chi connectivity index (χ0) is 37.6. The lowest BCUT2D eigenvalue weighted by Gasteiger charge is -2.44. The molecule has 7 aromatic carbocycles. The number of hydrogen-bond acceptors (Lipinski definition) is 0. The van der Waals surface area contributed by atoms with Crippen molar-refractivity contribution in [3.63, 3.8) is 0 Å². The highest BCUT2D eigenvalue weighted by Crippen LogP contribution is 2.62. The van der Waals surface area contributed by atoms with E-state index in [0.717, 1.165) is 5.69 Å². The average Bonchev–Trinajstić information content (AvgIpc) is 3.56. The van der Waals surface area contributed by atoms with Crippen LogP contribution in [0.2, 0.25) is 0 Å².